The monoisotopic (exact) mass is 398 g/mol. The maximum atomic E-state index is 13.6. The Morgan fingerprint density at radius 1 is 1.17 bits per heavy atom. The van der Waals surface area contributed by atoms with Crippen molar-refractivity contribution < 1.29 is 18.7 Å². The van der Waals surface area contributed by atoms with Crippen molar-refractivity contribution in [3.05, 3.63) is 65.5 Å². The van der Waals surface area contributed by atoms with E-state index in [1.165, 1.54) is 6.07 Å². The zero-order chi connectivity index (χ0) is 20.8. The third kappa shape index (κ3) is 5.34. The van der Waals surface area contributed by atoms with E-state index in [4.69, 9.17) is 4.74 Å². The van der Waals surface area contributed by atoms with Crippen LogP contribution in [0.5, 0.6) is 5.75 Å². The van der Waals surface area contributed by atoms with E-state index < -0.39 is 5.82 Å². The Morgan fingerprint density at radius 3 is 2.62 bits per heavy atom. The minimum atomic E-state index is -0.418. The van der Waals surface area contributed by atoms with Crippen molar-refractivity contribution in [1.82, 2.24) is 9.80 Å². The SMILES string of the molecule is Cc1ccc(C(=O)N2CCCC(C(=O)N(C)CCOc3ccccc3F)C2)cc1. The molecule has 5 nitrogen and oxygen atoms in total. The van der Waals surface area contributed by atoms with Crippen molar-refractivity contribution in [1.29, 1.82) is 0 Å². The van der Waals surface area contributed by atoms with Gasteiger partial charge in [0.25, 0.3) is 5.91 Å². The molecule has 29 heavy (non-hydrogen) atoms. The van der Waals surface area contributed by atoms with Crippen molar-refractivity contribution in [3.8, 4) is 5.75 Å². The van der Waals surface area contributed by atoms with Crippen LogP contribution in [-0.4, -0.2) is 54.9 Å². The molecule has 2 aromatic carbocycles. The van der Waals surface area contributed by atoms with E-state index in [1.54, 1.807) is 35.0 Å². The van der Waals surface area contributed by atoms with Gasteiger partial charge >= 0.3 is 0 Å². The quantitative estimate of drug-likeness (QED) is 0.748. The highest BCUT2D eigenvalue weighted by Gasteiger charge is 2.30. The van der Waals surface area contributed by atoms with Gasteiger partial charge in [-0.2, -0.15) is 0 Å². The number of hydrogen-bond acceptors (Lipinski definition) is 3. The van der Waals surface area contributed by atoms with Gasteiger partial charge in [0.05, 0.1) is 12.5 Å². The number of aryl methyl sites for hydroxylation is 1. The summed E-state index contributed by atoms with van der Waals surface area (Å²) in [7, 11) is 1.72. The van der Waals surface area contributed by atoms with Crippen LogP contribution < -0.4 is 4.74 Å². The third-order valence-corrected chi connectivity index (χ3v) is 5.25. The predicted octanol–water partition coefficient (Wildman–Crippen LogP) is 3.52. The number of amides is 2. The molecule has 0 aromatic heterocycles. The number of likely N-dealkylation sites (tertiary alicyclic amines) is 1. The number of piperidine rings is 1. The molecule has 1 fully saturated rings. The van der Waals surface area contributed by atoms with Gasteiger partial charge in [0.1, 0.15) is 6.61 Å². The summed E-state index contributed by atoms with van der Waals surface area (Å²) in [5, 5.41) is 0. The summed E-state index contributed by atoms with van der Waals surface area (Å²) in [5.74, 6) is -0.506. The van der Waals surface area contributed by atoms with Crippen molar-refractivity contribution in [2.75, 3.05) is 33.3 Å². The van der Waals surface area contributed by atoms with E-state index in [2.05, 4.69) is 0 Å². The third-order valence-electron chi connectivity index (χ3n) is 5.25. The van der Waals surface area contributed by atoms with Gasteiger partial charge < -0.3 is 14.5 Å². The molecule has 1 unspecified atom stereocenters. The standard InChI is InChI=1S/C23H27FN2O3/c1-17-9-11-18(12-10-17)23(28)26-13-5-6-19(16-26)22(27)25(2)14-15-29-21-8-4-3-7-20(21)24/h3-4,7-12,19H,5-6,13-16H2,1-2H3. The van der Waals surface area contributed by atoms with Crippen LogP contribution in [-0.2, 0) is 4.79 Å². The summed E-state index contributed by atoms with van der Waals surface area (Å²) >= 11 is 0. The molecule has 0 aliphatic carbocycles. The summed E-state index contributed by atoms with van der Waals surface area (Å²) in [4.78, 5) is 28.9. The molecule has 1 heterocycles. The second kappa shape index (κ2) is 9.54. The highest BCUT2D eigenvalue weighted by Crippen LogP contribution is 2.21. The second-order valence-corrected chi connectivity index (χ2v) is 7.50. The predicted molar refractivity (Wildman–Crippen MR) is 109 cm³/mol. The molecule has 1 atom stereocenters. The first-order valence-electron chi connectivity index (χ1n) is 9.94. The largest absolute Gasteiger partial charge is 0.489 e. The molecule has 1 saturated heterocycles. The van der Waals surface area contributed by atoms with Crippen molar-refractivity contribution in [2.24, 2.45) is 5.92 Å². The molecule has 154 valence electrons. The number of ether oxygens (including phenoxy) is 1. The average molecular weight is 398 g/mol. The average Bonchev–Trinajstić information content (AvgIpc) is 2.74. The fourth-order valence-corrected chi connectivity index (χ4v) is 3.52. The van der Waals surface area contributed by atoms with Gasteiger partial charge in [-0.25, -0.2) is 4.39 Å². The number of likely N-dealkylation sites (N-methyl/N-ethyl adjacent to an activating group) is 1. The number of benzene rings is 2. The van der Waals surface area contributed by atoms with Gasteiger partial charge in [0.2, 0.25) is 5.91 Å². The summed E-state index contributed by atoms with van der Waals surface area (Å²) in [6.45, 7) is 3.63. The van der Waals surface area contributed by atoms with E-state index in [0.29, 0.717) is 25.2 Å². The Balaban J connectivity index is 1.52. The number of rotatable bonds is 6. The molecule has 6 heteroatoms. The Morgan fingerprint density at radius 2 is 1.90 bits per heavy atom. The van der Waals surface area contributed by atoms with Gasteiger partial charge in [0, 0.05) is 25.7 Å². The maximum absolute atomic E-state index is 13.6. The van der Waals surface area contributed by atoms with Gasteiger partial charge in [-0.05, 0) is 44.0 Å². The zero-order valence-electron chi connectivity index (χ0n) is 16.9. The highest BCUT2D eigenvalue weighted by molar-refractivity contribution is 5.94. The van der Waals surface area contributed by atoms with E-state index in [9.17, 15) is 14.0 Å². The first-order chi connectivity index (χ1) is 14.0. The highest BCUT2D eigenvalue weighted by atomic mass is 19.1. The van der Waals surface area contributed by atoms with Gasteiger partial charge in [-0.1, -0.05) is 29.8 Å². The molecule has 3 rings (SSSR count). The fourth-order valence-electron chi connectivity index (χ4n) is 3.52. The first kappa shape index (κ1) is 20.8. The zero-order valence-corrected chi connectivity index (χ0v) is 16.9. The van der Waals surface area contributed by atoms with Gasteiger partial charge in [-0.15, -0.1) is 0 Å². The number of halogens is 1. The van der Waals surface area contributed by atoms with Crippen molar-refractivity contribution in [3.63, 3.8) is 0 Å². The van der Waals surface area contributed by atoms with Crippen LogP contribution in [0.1, 0.15) is 28.8 Å². The topological polar surface area (TPSA) is 49.9 Å². The van der Waals surface area contributed by atoms with Crippen LogP contribution >= 0.6 is 0 Å². The maximum Gasteiger partial charge on any atom is 0.253 e. The number of nitrogens with zero attached hydrogens (tertiary/aromatic N) is 2. The minimum absolute atomic E-state index is 0.0106. The van der Waals surface area contributed by atoms with Crippen LogP contribution in [0.3, 0.4) is 0 Å². The van der Waals surface area contributed by atoms with E-state index >= 15 is 0 Å². The van der Waals surface area contributed by atoms with Gasteiger partial charge in [-0.3, -0.25) is 9.59 Å². The van der Waals surface area contributed by atoms with E-state index in [0.717, 1.165) is 18.4 Å². The molecular weight excluding hydrogens is 371 g/mol. The van der Waals surface area contributed by atoms with Crippen LogP contribution in [0.2, 0.25) is 0 Å². The van der Waals surface area contributed by atoms with Crippen LogP contribution in [0.25, 0.3) is 0 Å². The summed E-state index contributed by atoms with van der Waals surface area (Å²) in [6, 6.07) is 13.7. The summed E-state index contributed by atoms with van der Waals surface area (Å²) in [6.07, 6.45) is 1.56. The number of para-hydroxylation sites is 1. The Kier molecular flexibility index (Phi) is 6.86. The fraction of sp³-hybridized carbons (Fsp3) is 0.391. The Hall–Kier alpha value is -2.89. The van der Waals surface area contributed by atoms with Crippen molar-refractivity contribution in [2.45, 2.75) is 19.8 Å². The normalized spacial score (nSPS) is 16.4. The molecule has 1 aliphatic rings. The lowest BCUT2D eigenvalue weighted by atomic mass is 9.96. The van der Waals surface area contributed by atoms with E-state index in [-0.39, 0.29) is 30.1 Å². The lowest BCUT2D eigenvalue weighted by Crippen LogP contribution is -2.46. The van der Waals surface area contributed by atoms with Gasteiger partial charge in [0.15, 0.2) is 11.6 Å². The lowest BCUT2D eigenvalue weighted by Gasteiger charge is -2.34. The Bertz CT molecular complexity index is 853. The molecule has 0 radical (unpaired) electrons. The number of carbonyl (C=O) groups is 2. The smallest absolute Gasteiger partial charge is 0.253 e. The lowest BCUT2D eigenvalue weighted by molar-refractivity contribution is -0.135. The molecule has 0 saturated carbocycles. The Labute approximate surface area is 171 Å². The molecule has 1 aliphatic heterocycles. The van der Waals surface area contributed by atoms with Crippen molar-refractivity contribution >= 4 is 11.8 Å². The summed E-state index contributed by atoms with van der Waals surface area (Å²) < 4.78 is 19.0. The molecule has 0 bridgehead atoms. The van der Waals surface area contributed by atoms with E-state index in [1.807, 2.05) is 31.2 Å². The second-order valence-electron chi connectivity index (χ2n) is 7.50. The number of hydrogen-bond donors (Lipinski definition) is 0. The first-order valence-corrected chi connectivity index (χ1v) is 9.94. The molecule has 0 N–H and O–H groups in total. The molecule has 0 spiro atoms. The van der Waals surface area contributed by atoms with Crippen LogP contribution in [0.15, 0.2) is 48.5 Å². The molecular formula is C23H27FN2O3. The van der Waals surface area contributed by atoms with Crippen LogP contribution in [0, 0.1) is 18.7 Å². The molecule has 2 amide bonds. The summed E-state index contributed by atoms with van der Waals surface area (Å²) in [5.41, 5.74) is 1.75. The molecule has 2 aromatic rings. The van der Waals surface area contributed by atoms with Crippen LogP contribution in [0.4, 0.5) is 4.39 Å². The number of carbonyl (C=O) groups excluding carboxylic acids is 2. The minimum Gasteiger partial charge on any atom is -0.489 e.